The first-order chi connectivity index (χ1) is 5.88. The van der Waals surface area contributed by atoms with Crippen LogP contribution in [-0.2, 0) is 4.74 Å². The molecule has 12 heavy (non-hydrogen) atoms. The first-order valence-corrected chi connectivity index (χ1v) is 4.81. The van der Waals surface area contributed by atoms with Crippen molar-refractivity contribution in [2.45, 2.75) is 18.8 Å². The molecule has 0 saturated carbocycles. The van der Waals surface area contributed by atoms with Crippen molar-refractivity contribution in [3.63, 3.8) is 0 Å². The van der Waals surface area contributed by atoms with E-state index in [2.05, 4.69) is 31.3 Å². The predicted octanol–water partition coefficient (Wildman–Crippen LogP) is 1.46. The highest BCUT2D eigenvalue weighted by molar-refractivity contribution is 9.10. The number of aromatic nitrogens is 3. The van der Waals surface area contributed by atoms with Crippen molar-refractivity contribution in [1.29, 1.82) is 0 Å². The molecule has 1 saturated heterocycles. The maximum atomic E-state index is 5.36. The van der Waals surface area contributed by atoms with Crippen molar-refractivity contribution in [1.82, 2.24) is 15.4 Å². The molecule has 0 bridgehead atoms. The monoisotopic (exact) mass is 231 g/mol. The Bertz CT molecular complexity index is 257. The molecular formula is C7H10BrN3O. The highest BCUT2D eigenvalue weighted by Crippen LogP contribution is 2.27. The topological polar surface area (TPSA) is 50.8 Å². The van der Waals surface area contributed by atoms with Gasteiger partial charge in [0.1, 0.15) is 5.69 Å². The molecule has 0 amide bonds. The molecule has 1 aliphatic heterocycles. The van der Waals surface area contributed by atoms with Crippen LogP contribution in [0, 0.1) is 0 Å². The van der Waals surface area contributed by atoms with Crippen LogP contribution in [-0.4, -0.2) is 28.6 Å². The number of hydrogen-bond donors (Lipinski definition) is 1. The number of nitrogens with one attached hydrogen (secondary N) is 1. The maximum Gasteiger partial charge on any atom is 0.151 e. The van der Waals surface area contributed by atoms with Crippen LogP contribution in [0.15, 0.2) is 4.60 Å². The van der Waals surface area contributed by atoms with Crippen LogP contribution in [0.25, 0.3) is 0 Å². The Hall–Kier alpha value is -0.420. The summed E-state index contributed by atoms with van der Waals surface area (Å²) in [5.74, 6) is 0.409. The third-order valence-corrected chi connectivity index (χ3v) is 2.66. The Labute approximate surface area is 78.8 Å². The minimum absolute atomic E-state index is 0.409. The van der Waals surface area contributed by atoms with Crippen LogP contribution in [0.1, 0.15) is 24.5 Å². The van der Waals surface area contributed by atoms with Gasteiger partial charge in [0.05, 0.1) is 6.61 Å². The Morgan fingerprint density at radius 3 is 3.00 bits per heavy atom. The van der Waals surface area contributed by atoms with E-state index in [1.165, 1.54) is 0 Å². The molecule has 1 N–H and O–H groups in total. The first kappa shape index (κ1) is 8.19. The lowest BCUT2D eigenvalue weighted by Crippen LogP contribution is -2.16. The predicted molar refractivity (Wildman–Crippen MR) is 46.9 cm³/mol. The smallest absolute Gasteiger partial charge is 0.151 e. The molecule has 5 heteroatoms. The van der Waals surface area contributed by atoms with Crippen molar-refractivity contribution in [3.8, 4) is 0 Å². The molecular weight excluding hydrogens is 222 g/mol. The number of H-pyrrole nitrogens is 1. The first-order valence-electron chi connectivity index (χ1n) is 4.02. The third-order valence-electron chi connectivity index (χ3n) is 2.08. The molecule has 2 heterocycles. The fraction of sp³-hybridized carbons (Fsp3) is 0.714. The van der Waals surface area contributed by atoms with E-state index < -0.39 is 0 Å². The zero-order chi connectivity index (χ0) is 8.39. The van der Waals surface area contributed by atoms with Gasteiger partial charge in [-0.05, 0) is 28.8 Å². The Morgan fingerprint density at radius 2 is 2.42 bits per heavy atom. The number of hydrogen-bond acceptors (Lipinski definition) is 3. The van der Waals surface area contributed by atoms with Crippen molar-refractivity contribution >= 4 is 15.9 Å². The maximum absolute atomic E-state index is 5.36. The zero-order valence-electron chi connectivity index (χ0n) is 6.59. The van der Waals surface area contributed by atoms with Gasteiger partial charge in [-0.1, -0.05) is 0 Å². The van der Waals surface area contributed by atoms with Crippen LogP contribution in [0.4, 0.5) is 0 Å². The molecule has 1 unspecified atom stereocenters. The van der Waals surface area contributed by atoms with E-state index in [0.717, 1.165) is 36.4 Å². The van der Waals surface area contributed by atoms with E-state index in [0.29, 0.717) is 5.92 Å². The summed E-state index contributed by atoms with van der Waals surface area (Å²) in [5.41, 5.74) is 0.995. The van der Waals surface area contributed by atoms with E-state index in [9.17, 15) is 0 Å². The number of rotatable bonds is 1. The molecule has 1 aromatic rings. The number of nitrogens with zero attached hydrogens (tertiary/aromatic N) is 2. The summed E-state index contributed by atoms with van der Waals surface area (Å²) in [6.45, 7) is 1.65. The molecule has 4 nitrogen and oxygen atoms in total. The molecule has 0 radical (unpaired) electrons. The van der Waals surface area contributed by atoms with Gasteiger partial charge in [0, 0.05) is 12.5 Å². The van der Waals surface area contributed by atoms with Crippen LogP contribution in [0.5, 0.6) is 0 Å². The van der Waals surface area contributed by atoms with Crippen LogP contribution < -0.4 is 0 Å². The van der Waals surface area contributed by atoms with Crippen molar-refractivity contribution in [2.75, 3.05) is 13.2 Å². The second-order valence-corrected chi connectivity index (χ2v) is 3.66. The van der Waals surface area contributed by atoms with E-state index >= 15 is 0 Å². The molecule has 66 valence electrons. The minimum atomic E-state index is 0.409. The molecule has 1 aromatic heterocycles. The molecule has 1 aliphatic rings. The average Bonchev–Trinajstić information content (AvgIpc) is 2.53. The van der Waals surface area contributed by atoms with Gasteiger partial charge in [0.2, 0.25) is 0 Å². The van der Waals surface area contributed by atoms with Crippen LogP contribution in [0.2, 0.25) is 0 Å². The summed E-state index contributed by atoms with van der Waals surface area (Å²) in [6.07, 6.45) is 2.26. The molecule has 0 spiro atoms. The largest absolute Gasteiger partial charge is 0.381 e. The fourth-order valence-electron chi connectivity index (χ4n) is 1.44. The summed E-state index contributed by atoms with van der Waals surface area (Å²) in [7, 11) is 0. The van der Waals surface area contributed by atoms with Gasteiger partial charge >= 0.3 is 0 Å². The molecule has 1 fully saturated rings. The summed E-state index contributed by atoms with van der Waals surface area (Å²) >= 11 is 3.34. The lowest BCUT2D eigenvalue weighted by Gasteiger charge is -2.19. The average molecular weight is 232 g/mol. The van der Waals surface area contributed by atoms with E-state index in [1.807, 2.05) is 0 Å². The fourth-order valence-corrected chi connectivity index (χ4v) is 1.93. The molecule has 2 rings (SSSR count). The van der Waals surface area contributed by atoms with Gasteiger partial charge in [0.15, 0.2) is 4.60 Å². The van der Waals surface area contributed by atoms with Gasteiger partial charge < -0.3 is 4.74 Å². The number of aromatic amines is 1. The Morgan fingerprint density at radius 1 is 1.50 bits per heavy atom. The summed E-state index contributed by atoms with van der Waals surface area (Å²) in [5, 5.41) is 10.6. The number of ether oxygens (including phenoxy) is 1. The van der Waals surface area contributed by atoms with E-state index in [-0.39, 0.29) is 0 Å². The lowest BCUT2D eigenvalue weighted by atomic mass is 9.99. The normalized spacial score (nSPS) is 24.2. The van der Waals surface area contributed by atoms with Gasteiger partial charge in [-0.2, -0.15) is 10.3 Å². The Kier molecular flexibility index (Phi) is 2.41. The summed E-state index contributed by atoms with van der Waals surface area (Å²) in [4.78, 5) is 0. The standard InChI is InChI=1S/C7H10BrN3O/c8-7-6(9-11-10-7)5-2-1-3-12-4-5/h5H,1-4H2,(H,9,10,11). The second-order valence-electron chi connectivity index (χ2n) is 2.91. The van der Waals surface area contributed by atoms with Gasteiger partial charge in [-0.15, -0.1) is 5.10 Å². The summed E-state index contributed by atoms with van der Waals surface area (Å²) in [6, 6.07) is 0. The van der Waals surface area contributed by atoms with Gasteiger partial charge in [-0.25, -0.2) is 0 Å². The lowest BCUT2D eigenvalue weighted by molar-refractivity contribution is 0.0791. The minimum Gasteiger partial charge on any atom is -0.381 e. The Balaban J connectivity index is 2.13. The van der Waals surface area contributed by atoms with Crippen LogP contribution >= 0.6 is 15.9 Å². The van der Waals surface area contributed by atoms with Crippen LogP contribution in [0.3, 0.4) is 0 Å². The van der Waals surface area contributed by atoms with E-state index in [1.54, 1.807) is 0 Å². The number of halogens is 1. The van der Waals surface area contributed by atoms with Crippen molar-refractivity contribution < 1.29 is 4.74 Å². The third kappa shape index (κ3) is 1.51. The van der Waals surface area contributed by atoms with E-state index in [4.69, 9.17) is 4.74 Å². The highest BCUT2D eigenvalue weighted by atomic mass is 79.9. The highest BCUT2D eigenvalue weighted by Gasteiger charge is 2.21. The summed E-state index contributed by atoms with van der Waals surface area (Å²) < 4.78 is 6.18. The van der Waals surface area contributed by atoms with Crippen molar-refractivity contribution in [2.24, 2.45) is 0 Å². The van der Waals surface area contributed by atoms with Gasteiger partial charge in [0.25, 0.3) is 0 Å². The second kappa shape index (κ2) is 3.53. The molecule has 1 atom stereocenters. The SMILES string of the molecule is Brc1n[nH]nc1C1CCCOC1. The van der Waals surface area contributed by atoms with Crippen molar-refractivity contribution in [3.05, 3.63) is 10.3 Å². The molecule has 0 aromatic carbocycles. The van der Waals surface area contributed by atoms with Gasteiger partial charge in [-0.3, -0.25) is 0 Å². The quantitative estimate of drug-likeness (QED) is 0.797. The molecule has 0 aliphatic carbocycles. The zero-order valence-corrected chi connectivity index (χ0v) is 8.17.